The van der Waals surface area contributed by atoms with Crippen molar-refractivity contribution in [3.63, 3.8) is 0 Å². The molecule has 0 bridgehead atoms. The van der Waals surface area contributed by atoms with Crippen LogP contribution in [0.15, 0.2) is 29.3 Å². The quantitative estimate of drug-likeness (QED) is 0.642. The van der Waals surface area contributed by atoms with Gasteiger partial charge in [-0.25, -0.2) is 0 Å². The summed E-state index contributed by atoms with van der Waals surface area (Å²) in [5.41, 5.74) is 1.76. The summed E-state index contributed by atoms with van der Waals surface area (Å²) in [6.45, 7) is 3.19. The predicted octanol–water partition coefficient (Wildman–Crippen LogP) is 3.76. The molecule has 0 aliphatic heterocycles. The molecule has 2 aliphatic rings. The van der Waals surface area contributed by atoms with Crippen LogP contribution in [0.2, 0.25) is 5.02 Å². The minimum absolute atomic E-state index is 0.186. The number of hydrogen-bond donors (Lipinski definition) is 2. The van der Waals surface area contributed by atoms with Gasteiger partial charge in [-0.15, -0.1) is 0 Å². The molecule has 4 heteroatoms. The summed E-state index contributed by atoms with van der Waals surface area (Å²) in [6, 6.07) is 8.16. The summed E-state index contributed by atoms with van der Waals surface area (Å²) >= 11 is 6.06. The predicted molar refractivity (Wildman–Crippen MR) is 88.8 cm³/mol. The van der Waals surface area contributed by atoms with Crippen LogP contribution in [0.4, 0.5) is 0 Å². The minimum atomic E-state index is 0.186. The van der Waals surface area contributed by atoms with Crippen molar-refractivity contribution >= 4 is 17.6 Å². The average molecular weight is 306 g/mol. The molecule has 3 rings (SSSR count). The van der Waals surface area contributed by atoms with Crippen LogP contribution < -0.4 is 10.6 Å². The first kappa shape index (κ1) is 14.7. The highest BCUT2D eigenvalue weighted by Gasteiger charge is 2.53. The maximum Gasteiger partial charge on any atom is 0.191 e. The van der Waals surface area contributed by atoms with Gasteiger partial charge < -0.3 is 10.6 Å². The summed E-state index contributed by atoms with van der Waals surface area (Å²) in [5.74, 6) is 1.85. The van der Waals surface area contributed by atoms with Crippen molar-refractivity contribution in [2.24, 2.45) is 16.3 Å². The van der Waals surface area contributed by atoms with E-state index in [0.29, 0.717) is 5.41 Å². The minimum Gasteiger partial charge on any atom is -0.356 e. The average Bonchev–Trinajstić information content (AvgIpc) is 3.36. The monoisotopic (exact) mass is 305 g/mol. The van der Waals surface area contributed by atoms with E-state index in [1.807, 2.05) is 25.2 Å². The Labute approximate surface area is 132 Å². The zero-order valence-electron chi connectivity index (χ0n) is 12.8. The molecule has 1 aromatic carbocycles. The number of aliphatic imine (C=N–C) groups is 1. The zero-order valence-corrected chi connectivity index (χ0v) is 13.6. The van der Waals surface area contributed by atoms with Crippen molar-refractivity contribution in [1.82, 2.24) is 10.6 Å². The van der Waals surface area contributed by atoms with Gasteiger partial charge >= 0.3 is 0 Å². The van der Waals surface area contributed by atoms with E-state index >= 15 is 0 Å². The molecule has 0 spiro atoms. The van der Waals surface area contributed by atoms with E-state index in [1.165, 1.54) is 31.2 Å². The van der Waals surface area contributed by atoms with Crippen LogP contribution in [0, 0.1) is 11.3 Å². The fourth-order valence-corrected chi connectivity index (χ4v) is 3.30. The second-order valence-corrected chi connectivity index (χ2v) is 6.92. The Morgan fingerprint density at radius 1 is 1.43 bits per heavy atom. The number of nitrogens with zero attached hydrogens (tertiary/aromatic N) is 1. The van der Waals surface area contributed by atoms with E-state index < -0.39 is 0 Å². The second kappa shape index (κ2) is 5.88. The molecule has 0 amide bonds. The van der Waals surface area contributed by atoms with E-state index in [0.717, 1.165) is 23.4 Å². The third kappa shape index (κ3) is 3.52. The standard InChI is InChI=1S/C17H24ClN3/c1-12(13-4-3-5-15(18)10-13)21-16(19-2)20-11-17(8-9-17)14-6-7-14/h3-5,10,12,14H,6-9,11H2,1-2H3,(H2,19,20,21). The van der Waals surface area contributed by atoms with Crippen LogP contribution in [0.3, 0.4) is 0 Å². The van der Waals surface area contributed by atoms with E-state index in [9.17, 15) is 0 Å². The van der Waals surface area contributed by atoms with Crippen molar-refractivity contribution in [2.75, 3.05) is 13.6 Å². The number of rotatable bonds is 5. The Morgan fingerprint density at radius 3 is 2.76 bits per heavy atom. The molecule has 0 radical (unpaired) electrons. The molecule has 1 aromatic rings. The highest BCUT2D eigenvalue weighted by Crippen LogP contribution is 2.60. The number of guanidine groups is 1. The van der Waals surface area contributed by atoms with E-state index in [1.54, 1.807) is 0 Å². The van der Waals surface area contributed by atoms with Gasteiger partial charge in [0, 0.05) is 18.6 Å². The fraction of sp³-hybridized carbons (Fsp3) is 0.588. The molecule has 0 saturated heterocycles. The lowest BCUT2D eigenvalue weighted by molar-refractivity contribution is 0.430. The molecule has 3 nitrogen and oxygen atoms in total. The number of halogens is 1. The lowest BCUT2D eigenvalue weighted by Gasteiger charge is -2.21. The van der Waals surface area contributed by atoms with Crippen molar-refractivity contribution in [1.29, 1.82) is 0 Å². The first-order valence-electron chi connectivity index (χ1n) is 7.86. The molecular formula is C17H24ClN3. The highest BCUT2D eigenvalue weighted by molar-refractivity contribution is 6.30. The van der Waals surface area contributed by atoms with Gasteiger partial charge in [0.1, 0.15) is 0 Å². The molecule has 21 heavy (non-hydrogen) atoms. The lowest BCUT2D eigenvalue weighted by atomic mass is 10.0. The van der Waals surface area contributed by atoms with Crippen LogP contribution in [-0.4, -0.2) is 19.6 Å². The van der Waals surface area contributed by atoms with Crippen molar-refractivity contribution in [3.05, 3.63) is 34.9 Å². The Balaban J connectivity index is 1.54. The summed E-state index contributed by atoms with van der Waals surface area (Å²) in [5, 5.41) is 7.74. The zero-order chi connectivity index (χ0) is 14.9. The smallest absolute Gasteiger partial charge is 0.191 e. The van der Waals surface area contributed by atoms with E-state index in [-0.39, 0.29) is 6.04 Å². The first-order chi connectivity index (χ1) is 10.1. The fourth-order valence-electron chi connectivity index (χ4n) is 3.10. The van der Waals surface area contributed by atoms with Crippen molar-refractivity contribution in [2.45, 2.75) is 38.6 Å². The van der Waals surface area contributed by atoms with Crippen LogP contribution in [-0.2, 0) is 0 Å². The van der Waals surface area contributed by atoms with Gasteiger partial charge in [-0.2, -0.15) is 0 Å². The maximum atomic E-state index is 6.06. The number of benzene rings is 1. The number of hydrogen-bond acceptors (Lipinski definition) is 1. The SMILES string of the molecule is CN=C(NCC1(C2CC2)CC1)NC(C)c1cccc(Cl)c1. The highest BCUT2D eigenvalue weighted by atomic mass is 35.5. The third-order valence-corrected chi connectivity index (χ3v) is 5.10. The summed E-state index contributed by atoms with van der Waals surface area (Å²) in [4.78, 5) is 4.35. The van der Waals surface area contributed by atoms with Crippen LogP contribution in [0.25, 0.3) is 0 Å². The van der Waals surface area contributed by atoms with E-state index in [2.05, 4.69) is 28.6 Å². The lowest BCUT2D eigenvalue weighted by Crippen LogP contribution is -2.41. The van der Waals surface area contributed by atoms with Crippen molar-refractivity contribution < 1.29 is 0 Å². The van der Waals surface area contributed by atoms with Gasteiger partial charge in [-0.3, -0.25) is 4.99 Å². The molecule has 0 aromatic heterocycles. The summed E-state index contributed by atoms with van der Waals surface area (Å²) < 4.78 is 0. The van der Waals surface area contributed by atoms with Crippen LogP contribution >= 0.6 is 11.6 Å². The van der Waals surface area contributed by atoms with Crippen molar-refractivity contribution in [3.8, 4) is 0 Å². The topological polar surface area (TPSA) is 36.4 Å². The molecule has 2 fully saturated rings. The second-order valence-electron chi connectivity index (χ2n) is 6.48. The number of nitrogens with one attached hydrogen (secondary N) is 2. The molecule has 1 atom stereocenters. The largest absolute Gasteiger partial charge is 0.356 e. The Morgan fingerprint density at radius 2 is 2.19 bits per heavy atom. The maximum absolute atomic E-state index is 6.06. The van der Waals surface area contributed by atoms with E-state index in [4.69, 9.17) is 11.6 Å². The van der Waals surface area contributed by atoms with Gasteiger partial charge in [0.15, 0.2) is 5.96 Å². The third-order valence-electron chi connectivity index (χ3n) is 4.87. The Bertz CT molecular complexity index is 533. The van der Waals surface area contributed by atoms with Crippen LogP contribution in [0.5, 0.6) is 0 Å². The Kier molecular flexibility index (Phi) is 4.12. The molecule has 114 valence electrons. The summed E-state index contributed by atoms with van der Waals surface area (Å²) in [6.07, 6.45) is 5.61. The first-order valence-corrected chi connectivity index (χ1v) is 8.23. The van der Waals surface area contributed by atoms with Gasteiger partial charge in [-0.05, 0) is 61.6 Å². The molecule has 2 saturated carbocycles. The molecule has 2 N–H and O–H groups in total. The van der Waals surface area contributed by atoms with Gasteiger partial charge in [0.2, 0.25) is 0 Å². The van der Waals surface area contributed by atoms with Gasteiger partial charge in [0.25, 0.3) is 0 Å². The van der Waals surface area contributed by atoms with Gasteiger partial charge in [0.05, 0.1) is 6.04 Å². The normalized spacial score (nSPS) is 21.8. The summed E-state index contributed by atoms with van der Waals surface area (Å²) in [7, 11) is 1.83. The molecule has 1 unspecified atom stereocenters. The Hall–Kier alpha value is -1.22. The molecule has 2 aliphatic carbocycles. The molecule has 0 heterocycles. The molecular weight excluding hydrogens is 282 g/mol. The van der Waals surface area contributed by atoms with Crippen LogP contribution in [0.1, 0.15) is 44.2 Å². The van der Waals surface area contributed by atoms with Gasteiger partial charge in [-0.1, -0.05) is 23.7 Å².